The van der Waals surface area contributed by atoms with Gasteiger partial charge in [-0.1, -0.05) is 6.07 Å². The maximum Gasteiger partial charge on any atom is 0.253 e. The Kier molecular flexibility index (Phi) is 5.48. The molecule has 0 atom stereocenters. The van der Waals surface area contributed by atoms with E-state index in [-0.39, 0.29) is 5.91 Å². The van der Waals surface area contributed by atoms with Gasteiger partial charge in [-0.15, -0.1) is 11.3 Å². The van der Waals surface area contributed by atoms with Gasteiger partial charge < -0.3 is 15.0 Å². The number of amides is 1. The van der Waals surface area contributed by atoms with E-state index in [9.17, 15) is 4.79 Å². The van der Waals surface area contributed by atoms with E-state index in [1.165, 1.54) is 0 Å². The van der Waals surface area contributed by atoms with Crippen molar-refractivity contribution in [2.45, 2.75) is 32.4 Å². The number of carbonyl (C=O) groups is 1. The largest absolute Gasteiger partial charge is 0.487 e. The molecule has 1 aromatic carbocycles. The number of hydrogen-bond donors (Lipinski definition) is 1. The van der Waals surface area contributed by atoms with Gasteiger partial charge in [0.05, 0.1) is 10.7 Å². The molecule has 1 fully saturated rings. The van der Waals surface area contributed by atoms with Crippen LogP contribution in [0.1, 0.15) is 33.9 Å². The molecule has 24 heavy (non-hydrogen) atoms. The second-order valence-electron chi connectivity index (χ2n) is 6.07. The lowest BCUT2D eigenvalue weighted by Crippen LogP contribution is -2.43. The van der Waals surface area contributed by atoms with Gasteiger partial charge in [-0.05, 0) is 51.1 Å². The van der Waals surface area contributed by atoms with Gasteiger partial charge in [0, 0.05) is 24.0 Å². The van der Waals surface area contributed by atoms with Crippen molar-refractivity contribution in [3.05, 3.63) is 45.9 Å². The Balaban J connectivity index is 1.64. The summed E-state index contributed by atoms with van der Waals surface area (Å²) in [6.45, 7) is 4.34. The summed E-state index contributed by atoms with van der Waals surface area (Å²) in [5.41, 5.74) is 1.59. The second-order valence-corrected chi connectivity index (χ2v) is 7.13. The quantitative estimate of drug-likeness (QED) is 0.905. The summed E-state index contributed by atoms with van der Waals surface area (Å²) in [6, 6.07) is 7.71. The van der Waals surface area contributed by atoms with Crippen LogP contribution in [-0.4, -0.2) is 42.0 Å². The number of rotatable bonds is 5. The molecule has 0 saturated carbocycles. The highest BCUT2D eigenvalue weighted by Crippen LogP contribution is 2.19. The third-order valence-corrected chi connectivity index (χ3v) is 5.13. The van der Waals surface area contributed by atoms with E-state index in [0.29, 0.717) is 24.0 Å². The van der Waals surface area contributed by atoms with Gasteiger partial charge in [-0.3, -0.25) is 4.79 Å². The van der Waals surface area contributed by atoms with Gasteiger partial charge in [0.15, 0.2) is 0 Å². The lowest BCUT2D eigenvalue weighted by Gasteiger charge is -2.31. The number of aryl methyl sites for hydroxylation is 1. The topological polar surface area (TPSA) is 54.5 Å². The van der Waals surface area contributed by atoms with E-state index in [1.54, 1.807) is 11.3 Å². The molecular weight excluding hydrogens is 322 g/mol. The normalized spacial score (nSPS) is 15.2. The Labute approximate surface area is 146 Å². The van der Waals surface area contributed by atoms with Gasteiger partial charge in [0.2, 0.25) is 0 Å². The number of nitrogens with one attached hydrogen (secondary N) is 1. The number of benzene rings is 1. The van der Waals surface area contributed by atoms with Crippen LogP contribution >= 0.6 is 11.3 Å². The minimum Gasteiger partial charge on any atom is -0.487 e. The monoisotopic (exact) mass is 345 g/mol. The summed E-state index contributed by atoms with van der Waals surface area (Å²) in [4.78, 5) is 19.0. The van der Waals surface area contributed by atoms with Crippen molar-refractivity contribution in [3.63, 3.8) is 0 Å². The standard InChI is InChI=1S/C18H23N3O2S/c1-13-20-15(12-24-13)11-23-17-5-3-4-14(10-17)18(22)21(2)16-6-8-19-9-7-16/h3-5,10,12,16,19H,6-9,11H2,1-2H3. The number of ether oxygens (including phenoxy) is 1. The number of hydrogen-bond acceptors (Lipinski definition) is 5. The van der Waals surface area contributed by atoms with Gasteiger partial charge in [-0.25, -0.2) is 4.98 Å². The highest BCUT2D eigenvalue weighted by molar-refractivity contribution is 7.09. The summed E-state index contributed by atoms with van der Waals surface area (Å²) in [7, 11) is 1.89. The maximum absolute atomic E-state index is 12.7. The number of thiazole rings is 1. The minimum atomic E-state index is 0.0526. The molecule has 1 aliphatic rings. The van der Waals surface area contributed by atoms with Crippen LogP contribution in [0.15, 0.2) is 29.6 Å². The van der Waals surface area contributed by atoms with Crippen molar-refractivity contribution < 1.29 is 9.53 Å². The summed E-state index contributed by atoms with van der Waals surface area (Å²) in [5, 5.41) is 6.35. The first-order valence-corrected chi connectivity index (χ1v) is 9.13. The third kappa shape index (κ3) is 4.13. The summed E-state index contributed by atoms with van der Waals surface area (Å²) < 4.78 is 5.78. The Bertz CT molecular complexity index is 695. The van der Waals surface area contributed by atoms with E-state index in [4.69, 9.17) is 4.74 Å². The van der Waals surface area contributed by atoms with E-state index >= 15 is 0 Å². The molecule has 0 spiro atoms. The highest BCUT2D eigenvalue weighted by atomic mass is 32.1. The first-order chi connectivity index (χ1) is 11.6. The SMILES string of the molecule is Cc1nc(COc2cccc(C(=O)N(C)C3CCNCC3)c2)cs1. The first kappa shape index (κ1) is 16.9. The Morgan fingerprint density at radius 1 is 1.42 bits per heavy atom. The van der Waals surface area contributed by atoms with Crippen LogP contribution in [0, 0.1) is 6.92 Å². The molecule has 1 saturated heterocycles. The molecule has 6 heteroatoms. The molecule has 0 radical (unpaired) electrons. The average Bonchev–Trinajstić information content (AvgIpc) is 3.05. The minimum absolute atomic E-state index is 0.0526. The third-order valence-electron chi connectivity index (χ3n) is 4.31. The van der Waals surface area contributed by atoms with Crippen LogP contribution in [0.3, 0.4) is 0 Å². The van der Waals surface area contributed by atoms with Gasteiger partial charge >= 0.3 is 0 Å². The Morgan fingerprint density at radius 2 is 2.21 bits per heavy atom. The van der Waals surface area contributed by atoms with Gasteiger partial charge in [0.25, 0.3) is 5.91 Å². The lowest BCUT2D eigenvalue weighted by molar-refractivity contribution is 0.0702. The Morgan fingerprint density at radius 3 is 2.92 bits per heavy atom. The average molecular weight is 345 g/mol. The second kappa shape index (κ2) is 7.77. The number of piperidine rings is 1. The van der Waals surface area contributed by atoms with Crippen molar-refractivity contribution >= 4 is 17.2 Å². The zero-order valence-corrected chi connectivity index (χ0v) is 14.9. The van der Waals surface area contributed by atoms with Crippen molar-refractivity contribution in [1.29, 1.82) is 0 Å². The molecule has 5 nitrogen and oxygen atoms in total. The number of nitrogens with zero attached hydrogens (tertiary/aromatic N) is 2. The molecular formula is C18H23N3O2S. The summed E-state index contributed by atoms with van der Waals surface area (Å²) in [6.07, 6.45) is 2.00. The fraction of sp³-hybridized carbons (Fsp3) is 0.444. The molecule has 0 unspecified atom stereocenters. The zero-order chi connectivity index (χ0) is 16.9. The van der Waals surface area contributed by atoms with Gasteiger partial charge in [0.1, 0.15) is 12.4 Å². The molecule has 1 aromatic heterocycles. The highest BCUT2D eigenvalue weighted by Gasteiger charge is 2.23. The van der Waals surface area contributed by atoms with Crippen molar-refractivity contribution in [2.75, 3.05) is 20.1 Å². The molecule has 0 aliphatic carbocycles. The van der Waals surface area contributed by atoms with Crippen LogP contribution in [0.2, 0.25) is 0 Å². The van der Waals surface area contributed by atoms with Crippen LogP contribution in [0.5, 0.6) is 5.75 Å². The van der Waals surface area contributed by atoms with Crippen LogP contribution in [0.4, 0.5) is 0 Å². The van der Waals surface area contributed by atoms with E-state index in [0.717, 1.165) is 36.6 Å². The summed E-state index contributed by atoms with van der Waals surface area (Å²) in [5.74, 6) is 0.752. The first-order valence-electron chi connectivity index (χ1n) is 8.25. The molecule has 3 rings (SSSR count). The van der Waals surface area contributed by atoms with Crippen LogP contribution in [-0.2, 0) is 6.61 Å². The summed E-state index contributed by atoms with van der Waals surface area (Å²) >= 11 is 1.61. The van der Waals surface area contributed by atoms with Crippen molar-refractivity contribution in [2.24, 2.45) is 0 Å². The van der Waals surface area contributed by atoms with E-state index < -0.39 is 0 Å². The van der Waals surface area contributed by atoms with Gasteiger partial charge in [-0.2, -0.15) is 0 Å². The number of carbonyl (C=O) groups excluding carboxylic acids is 1. The fourth-order valence-electron chi connectivity index (χ4n) is 2.91. The van der Waals surface area contributed by atoms with Crippen molar-refractivity contribution in [3.8, 4) is 5.75 Å². The van der Waals surface area contributed by atoms with Crippen molar-refractivity contribution in [1.82, 2.24) is 15.2 Å². The molecule has 0 bridgehead atoms. The fourth-order valence-corrected chi connectivity index (χ4v) is 3.51. The van der Waals surface area contributed by atoms with E-state index in [2.05, 4.69) is 10.3 Å². The molecule has 1 aliphatic heterocycles. The molecule has 1 amide bonds. The Hall–Kier alpha value is -1.92. The smallest absolute Gasteiger partial charge is 0.253 e. The predicted octanol–water partition coefficient (Wildman–Crippen LogP) is 2.85. The van der Waals surface area contributed by atoms with Crippen LogP contribution in [0.25, 0.3) is 0 Å². The molecule has 1 N–H and O–H groups in total. The van der Waals surface area contributed by atoms with E-state index in [1.807, 2.05) is 48.5 Å². The molecule has 2 aromatic rings. The molecule has 128 valence electrons. The maximum atomic E-state index is 12.7. The zero-order valence-electron chi connectivity index (χ0n) is 14.1. The van der Waals surface area contributed by atoms with Crippen LogP contribution < -0.4 is 10.1 Å². The predicted molar refractivity (Wildman–Crippen MR) is 95.6 cm³/mol. The molecule has 2 heterocycles. The number of aromatic nitrogens is 1. The lowest BCUT2D eigenvalue weighted by atomic mass is 10.0.